The van der Waals surface area contributed by atoms with Crippen LogP contribution in [0.15, 0.2) is 30.3 Å². The minimum Gasteiger partial charge on any atom is -0.508 e. The zero-order valence-electron chi connectivity index (χ0n) is 12.6. The van der Waals surface area contributed by atoms with Crippen molar-refractivity contribution in [2.45, 2.75) is 36.8 Å². The first-order chi connectivity index (χ1) is 11.2. The number of aliphatic carboxylic acids is 1. The monoisotopic (exact) mass is 338 g/mol. The second-order valence-electron chi connectivity index (χ2n) is 5.70. The maximum atomic E-state index is 11.8. The molecule has 0 heterocycles. The van der Waals surface area contributed by atoms with E-state index in [1.807, 2.05) is 0 Å². The number of carboxylic acids is 1. The Balaban J connectivity index is 2.03. The number of carboxylic acid groups (broad SMARTS) is 1. The van der Waals surface area contributed by atoms with Gasteiger partial charge in [0.25, 0.3) is 0 Å². The van der Waals surface area contributed by atoms with Crippen LogP contribution in [-0.2, 0) is 14.3 Å². The fourth-order valence-electron chi connectivity index (χ4n) is 2.48. The lowest BCUT2D eigenvalue weighted by Gasteiger charge is -2.39. The van der Waals surface area contributed by atoms with Gasteiger partial charge < -0.3 is 30.3 Å². The van der Waals surface area contributed by atoms with E-state index in [2.05, 4.69) is 0 Å². The first-order valence-corrected chi connectivity index (χ1v) is 7.21. The molecule has 0 unspecified atom stereocenters. The number of phenolic OH excluding ortho intramolecular Hbond substituents is 1. The number of aromatic hydroxyl groups is 1. The summed E-state index contributed by atoms with van der Waals surface area (Å²) in [5, 5.41) is 47.6. The predicted molar refractivity (Wildman–Crippen MR) is 80.9 cm³/mol. The Hall–Kier alpha value is -2.42. The molecule has 0 bridgehead atoms. The van der Waals surface area contributed by atoms with Gasteiger partial charge in [-0.05, 0) is 23.8 Å². The Morgan fingerprint density at radius 2 is 1.79 bits per heavy atom. The third-order valence-electron chi connectivity index (χ3n) is 3.83. The molecule has 1 aliphatic rings. The molecule has 0 radical (unpaired) electrons. The summed E-state index contributed by atoms with van der Waals surface area (Å²) in [5.41, 5.74) is -1.67. The molecule has 1 aromatic rings. The topological polar surface area (TPSA) is 145 Å². The Morgan fingerprint density at radius 1 is 1.17 bits per heavy atom. The van der Waals surface area contributed by atoms with Crippen molar-refractivity contribution in [2.24, 2.45) is 0 Å². The predicted octanol–water partition coefficient (Wildman–Crippen LogP) is -0.352. The largest absolute Gasteiger partial charge is 0.508 e. The van der Waals surface area contributed by atoms with E-state index in [9.17, 15) is 24.9 Å². The average Bonchev–Trinajstić information content (AvgIpc) is 2.51. The molecule has 2 rings (SSSR count). The zero-order chi connectivity index (χ0) is 17.9. The van der Waals surface area contributed by atoms with Gasteiger partial charge in [0.15, 0.2) is 5.60 Å². The highest BCUT2D eigenvalue weighted by atomic mass is 16.6. The molecular weight excluding hydrogens is 320 g/mol. The molecule has 0 saturated heterocycles. The molecule has 8 heteroatoms. The Morgan fingerprint density at radius 3 is 2.38 bits per heavy atom. The SMILES string of the molecule is O=C(/C=C\c1ccc(O)cc1)O[C@@H]1C[C@](O)(C(=O)O)C[C@@H](O)[C@H]1O. The number of hydrogen-bond donors (Lipinski definition) is 5. The molecule has 1 fully saturated rings. The molecule has 24 heavy (non-hydrogen) atoms. The van der Waals surface area contributed by atoms with Gasteiger partial charge in [-0.15, -0.1) is 0 Å². The van der Waals surface area contributed by atoms with Crippen molar-refractivity contribution < 1.29 is 39.9 Å². The van der Waals surface area contributed by atoms with Gasteiger partial charge in [-0.25, -0.2) is 9.59 Å². The van der Waals surface area contributed by atoms with E-state index < -0.39 is 48.7 Å². The van der Waals surface area contributed by atoms with Gasteiger partial charge in [0, 0.05) is 18.9 Å². The van der Waals surface area contributed by atoms with Crippen molar-refractivity contribution in [2.75, 3.05) is 0 Å². The van der Waals surface area contributed by atoms with E-state index in [0.29, 0.717) is 5.56 Å². The smallest absolute Gasteiger partial charge is 0.335 e. The lowest BCUT2D eigenvalue weighted by Crippen LogP contribution is -2.57. The lowest BCUT2D eigenvalue weighted by molar-refractivity contribution is -0.196. The highest BCUT2D eigenvalue weighted by Gasteiger charge is 2.50. The number of hydrogen-bond acceptors (Lipinski definition) is 7. The van der Waals surface area contributed by atoms with Gasteiger partial charge >= 0.3 is 11.9 Å². The normalized spacial score (nSPS) is 30.2. The Bertz CT molecular complexity index is 638. The quantitative estimate of drug-likeness (QED) is 0.370. The number of aliphatic hydroxyl groups is 3. The minimum absolute atomic E-state index is 0.0713. The summed E-state index contributed by atoms with van der Waals surface area (Å²) in [7, 11) is 0. The van der Waals surface area contributed by atoms with Crippen molar-refractivity contribution in [3.63, 3.8) is 0 Å². The third kappa shape index (κ3) is 4.10. The molecule has 1 saturated carbocycles. The van der Waals surface area contributed by atoms with Crippen LogP contribution >= 0.6 is 0 Å². The summed E-state index contributed by atoms with van der Waals surface area (Å²) in [6, 6.07) is 5.97. The molecule has 5 N–H and O–H groups in total. The van der Waals surface area contributed by atoms with E-state index in [1.54, 1.807) is 12.1 Å². The van der Waals surface area contributed by atoms with Gasteiger partial charge in [-0.1, -0.05) is 12.1 Å². The number of rotatable bonds is 4. The Labute approximate surface area is 137 Å². The van der Waals surface area contributed by atoms with Crippen LogP contribution in [-0.4, -0.2) is 61.4 Å². The molecule has 8 nitrogen and oxygen atoms in total. The maximum Gasteiger partial charge on any atom is 0.335 e. The molecule has 0 spiro atoms. The molecule has 4 atom stereocenters. The third-order valence-corrected chi connectivity index (χ3v) is 3.83. The van der Waals surface area contributed by atoms with Crippen LogP contribution in [0.5, 0.6) is 5.75 Å². The second-order valence-corrected chi connectivity index (χ2v) is 5.70. The summed E-state index contributed by atoms with van der Waals surface area (Å²) in [4.78, 5) is 22.9. The number of esters is 1. The van der Waals surface area contributed by atoms with Crippen LogP contribution in [0.2, 0.25) is 0 Å². The number of carbonyl (C=O) groups is 2. The fourth-order valence-corrected chi connectivity index (χ4v) is 2.48. The van der Waals surface area contributed by atoms with Gasteiger partial charge in [0.05, 0.1) is 6.10 Å². The van der Waals surface area contributed by atoms with Crippen molar-refractivity contribution in [3.8, 4) is 5.75 Å². The standard InChI is InChI=1S/C16H18O8/c17-10-4-1-9(2-5-10)3-6-13(19)24-12-8-16(23,15(21)22)7-11(18)14(12)20/h1-6,11-12,14,17-18,20,23H,7-8H2,(H,21,22)/b6-3-/t11-,12-,14-,16+/m1/s1. The molecule has 130 valence electrons. The molecule has 1 aromatic carbocycles. The maximum absolute atomic E-state index is 11.8. The van der Waals surface area contributed by atoms with Crippen molar-refractivity contribution in [3.05, 3.63) is 35.9 Å². The summed E-state index contributed by atoms with van der Waals surface area (Å²) >= 11 is 0. The van der Waals surface area contributed by atoms with Crippen LogP contribution in [0.25, 0.3) is 6.08 Å². The van der Waals surface area contributed by atoms with Gasteiger partial charge in [-0.3, -0.25) is 0 Å². The summed E-state index contributed by atoms with van der Waals surface area (Å²) in [5.74, 6) is -2.36. The molecule has 0 aliphatic heterocycles. The number of ether oxygens (including phenoxy) is 1. The fraction of sp³-hybridized carbons (Fsp3) is 0.375. The van der Waals surface area contributed by atoms with E-state index in [0.717, 1.165) is 6.08 Å². The van der Waals surface area contributed by atoms with Crippen molar-refractivity contribution in [1.82, 2.24) is 0 Å². The first kappa shape index (κ1) is 17.9. The average molecular weight is 338 g/mol. The first-order valence-electron chi connectivity index (χ1n) is 7.21. The molecule has 1 aliphatic carbocycles. The summed E-state index contributed by atoms with van der Waals surface area (Å²) in [6.07, 6.45) is -3.00. The molecule has 0 aromatic heterocycles. The van der Waals surface area contributed by atoms with Crippen molar-refractivity contribution in [1.29, 1.82) is 0 Å². The van der Waals surface area contributed by atoms with E-state index in [1.165, 1.54) is 18.2 Å². The number of carbonyl (C=O) groups excluding carboxylic acids is 1. The summed E-state index contributed by atoms with van der Waals surface area (Å²) in [6.45, 7) is 0. The second kappa shape index (κ2) is 7.00. The van der Waals surface area contributed by atoms with Gasteiger partial charge in [0.2, 0.25) is 0 Å². The van der Waals surface area contributed by atoms with Crippen LogP contribution in [0, 0.1) is 0 Å². The van der Waals surface area contributed by atoms with E-state index in [-0.39, 0.29) is 5.75 Å². The van der Waals surface area contributed by atoms with E-state index >= 15 is 0 Å². The highest BCUT2D eigenvalue weighted by Crippen LogP contribution is 2.31. The minimum atomic E-state index is -2.27. The highest BCUT2D eigenvalue weighted by molar-refractivity contribution is 5.87. The number of aliphatic hydroxyl groups excluding tert-OH is 2. The van der Waals surface area contributed by atoms with E-state index in [4.69, 9.17) is 14.9 Å². The molecular formula is C16H18O8. The Kier molecular flexibility index (Phi) is 5.23. The van der Waals surface area contributed by atoms with Gasteiger partial charge in [0.1, 0.15) is 18.0 Å². The summed E-state index contributed by atoms with van der Waals surface area (Å²) < 4.78 is 4.96. The van der Waals surface area contributed by atoms with Crippen LogP contribution in [0.4, 0.5) is 0 Å². The lowest BCUT2D eigenvalue weighted by atomic mass is 9.79. The van der Waals surface area contributed by atoms with Crippen molar-refractivity contribution >= 4 is 18.0 Å². The number of benzene rings is 1. The number of phenols is 1. The van der Waals surface area contributed by atoms with Gasteiger partial charge in [-0.2, -0.15) is 0 Å². The zero-order valence-corrected chi connectivity index (χ0v) is 12.6. The van der Waals surface area contributed by atoms with Crippen LogP contribution in [0.1, 0.15) is 18.4 Å². The van der Waals surface area contributed by atoms with Crippen LogP contribution in [0.3, 0.4) is 0 Å². The molecule has 0 amide bonds. The van der Waals surface area contributed by atoms with Crippen LogP contribution < -0.4 is 0 Å².